The normalized spacial score (nSPS) is 24.0. The Bertz CT molecular complexity index is 14.0. The van der Waals surface area contributed by atoms with E-state index in [1.165, 1.54) is 0 Å². The number of hydrogen-bond acceptors (Lipinski definition) is 2. The second kappa shape index (κ2) is 0.837. The van der Waals surface area contributed by atoms with Crippen molar-refractivity contribution in [3.05, 3.63) is 0 Å². The number of rotatable bonds is 0. The molecular formula is CH2O2Si. The van der Waals surface area contributed by atoms with Gasteiger partial charge in [-0.3, -0.25) is 4.58 Å². The molecule has 1 heterocycles. The molecule has 0 N–H and O–H groups in total. The average molecular weight is 74.1 g/mol. The molecule has 0 atom stereocenters. The van der Waals surface area contributed by atoms with Crippen LogP contribution in [0.2, 0.25) is 0 Å². The highest BCUT2D eigenvalue weighted by Crippen LogP contribution is 1.83. The first-order chi connectivity index (χ1) is 2.00. The first kappa shape index (κ1) is 2.38. The molecule has 0 aromatic rings. The van der Waals surface area contributed by atoms with E-state index in [0.29, 0.717) is 9.76 Å². The average Bonchev–Trinajstić information content (AvgIpc) is 0.722. The minimum atomic E-state index is 0.599. The molecule has 2 nitrogen and oxygen atoms in total. The summed E-state index contributed by atoms with van der Waals surface area (Å²) in [6.45, 7) is 0. The maximum Gasteiger partial charge on any atom is 0.314 e. The highest BCUT2D eigenvalue weighted by atomic mass is 28.2. The minimum Gasteiger partial charge on any atom is -0.285 e. The molecule has 1 saturated heterocycles. The predicted octanol–water partition coefficient (Wildman–Crippen LogP) is -0.475. The first-order valence-corrected chi connectivity index (χ1v) is 2.13. The fourth-order valence-electron chi connectivity index (χ4n) is 0.0589. The van der Waals surface area contributed by atoms with E-state index in [4.69, 9.17) is 0 Å². The third kappa shape index (κ3) is 0.161. The van der Waals surface area contributed by atoms with Crippen LogP contribution in [0.25, 0.3) is 0 Å². The Balaban J connectivity index is 2.00. The van der Waals surface area contributed by atoms with E-state index in [-0.39, 0.29) is 0 Å². The molecule has 0 aromatic carbocycles. The van der Waals surface area contributed by atoms with Crippen molar-refractivity contribution in [2.45, 2.75) is 0 Å². The zero-order chi connectivity index (χ0) is 2.83. The van der Waals surface area contributed by atoms with Crippen molar-refractivity contribution < 1.29 is 9.46 Å². The minimum absolute atomic E-state index is 0.599. The molecule has 4 heavy (non-hydrogen) atoms. The first-order valence-electron chi connectivity index (χ1n) is 1.01. The van der Waals surface area contributed by atoms with Crippen LogP contribution in [0.1, 0.15) is 0 Å². The van der Waals surface area contributed by atoms with E-state index in [1.807, 2.05) is 0 Å². The molecule has 0 unspecified atom stereocenters. The van der Waals surface area contributed by atoms with Gasteiger partial charge >= 0.3 is 9.76 Å². The zero-order valence-corrected chi connectivity index (χ0v) is 3.02. The predicted molar refractivity (Wildman–Crippen MR) is 12.8 cm³/mol. The van der Waals surface area contributed by atoms with Crippen LogP contribution in [0.3, 0.4) is 0 Å². The Morgan fingerprint density at radius 1 is 1.75 bits per heavy atom. The van der Waals surface area contributed by atoms with Gasteiger partial charge < -0.3 is 0 Å². The van der Waals surface area contributed by atoms with Gasteiger partial charge in [0.25, 0.3) is 0 Å². The van der Waals surface area contributed by atoms with Gasteiger partial charge in [0.15, 0.2) is 0 Å². The van der Waals surface area contributed by atoms with Crippen molar-refractivity contribution in [2.75, 3.05) is 6.23 Å². The summed E-state index contributed by atoms with van der Waals surface area (Å²) in [6.07, 6.45) is 0.806. The summed E-state index contributed by atoms with van der Waals surface area (Å²) in [5.41, 5.74) is 0. The topological polar surface area (TPSA) is 18.5 Å². The molecule has 1 aliphatic rings. The van der Waals surface area contributed by atoms with Gasteiger partial charge in [-0.15, -0.1) is 0 Å². The van der Waals surface area contributed by atoms with Crippen molar-refractivity contribution in [2.24, 2.45) is 0 Å². The van der Waals surface area contributed by atoms with Crippen molar-refractivity contribution >= 4 is 9.76 Å². The Kier molecular flexibility index (Phi) is 0.498. The fraction of sp³-hybridized carbons (Fsp3) is 1.00. The molecule has 0 saturated carbocycles. The Hall–Kier alpha value is 0.137. The second-order valence-electron chi connectivity index (χ2n) is 0.490. The molecule has 0 spiro atoms. The van der Waals surface area contributed by atoms with Crippen LogP contribution < -0.4 is 0 Å². The third-order valence-corrected chi connectivity index (χ3v) is 0.707. The molecule has 1 rings (SSSR count). The summed E-state index contributed by atoms with van der Waals surface area (Å²) in [4.78, 5) is 4.23. The molecule has 0 amide bonds. The van der Waals surface area contributed by atoms with Crippen LogP contribution in [0.4, 0.5) is 0 Å². The van der Waals surface area contributed by atoms with Crippen LogP contribution in [0.5, 0.6) is 0 Å². The molecule has 1 fully saturated rings. The molecule has 0 aliphatic carbocycles. The van der Waals surface area contributed by atoms with Gasteiger partial charge in [0.05, 0.1) is 0 Å². The van der Waals surface area contributed by atoms with Crippen LogP contribution in [0, 0.1) is 0 Å². The van der Waals surface area contributed by atoms with Crippen LogP contribution in [-0.4, -0.2) is 16.0 Å². The Morgan fingerprint density at radius 3 is 2.00 bits per heavy atom. The smallest absolute Gasteiger partial charge is 0.285 e. The molecule has 0 bridgehead atoms. The van der Waals surface area contributed by atoms with Crippen molar-refractivity contribution in [3.63, 3.8) is 0 Å². The van der Waals surface area contributed by atoms with Crippen LogP contribution in [0.15, 0.2) is 0 Å². The van der Waals surface area contributed by atoms with Gasteiger partial charge in [0, 0.05) is 0 Å². The third-order valence-electron chi connectivity index (χ3n) is 0.236. The summed E-state index contributed by atoms with van der Waals surface area (Å²) in [7, 11) is 0.599. The Labute approximate surface area is 26.6 Å². The summed E-state index contributed by atoms with van der Waals surface area (Å²) < 4.78 is 4.25. The van der Waals surface area contributed by atoms with Crippen LogP contribution in [-0.2, 0) is 9.46 Å². The highest BCUT2D eigenvalue weighted by Gasteiger charge is 2.00. The second-order valence-corrected chi connectivity index (χ2v) is 1.23. The number of hydrogen-bond donors (Lipinski definition) is 0. The lowest BCUT2D eigenvalue weighted by atomic mass is 11.7. The maximum absolute atomic E-state index is 4.25. The maximum atomic E-state index is 4.25. The molecular weight excluding hydrogens is 72.1 g/mol. The summed E-state index contributed by atoms with van der Waals surface area (Å²) in [6, 6.07) is 0. The van der Waals surface area contributed by atoms with Crippen molar-refractivity contribution in [1.82, 2.24) is 0 Å². The van der Waals surface area contributed by atoms with Gasteiger partial charge in [-0.1, -0.05) is 0 Å². The van der Waals surface area contributed by atoms with Crippen LogP contribution >= 0.6 is 0 Å². The fourth-order valence-corrected chi connectivity index (χ4v) is 0.177. The zero-order valence-electron chi connectivity index (χ0n) is 2.02. The molecule has 1 aliphatic heterocycles. The quantitative estimate of drug-likeness (QED) is 0.285. The lowest BCUT2D eigenvalue weighted by Crippen LogP contribution is -2.19. The van der Waals surface area contributed by atoms with E-state index < -0.39 is 0 Å². The van der Waals surface area contributed by atoms with Crippen molar-refractivity contribution in [3.8, 4) is 0 Å². The van der Waals surface area contributed by atoms with E-state index in [9.17, 15) is 0 Å². The SMILES string of the molecule is C1OO[Si]1. The van der Waals surface area contributed by atoms with Gasteiger partial charge in [-0.05, 0) is 0 Å². The van der Waals surface area contributed by atoms with Gasteiger partial charge in [-0.2, -0.15) is 0 Å². The van der Waals surface area contributed by atoms with E-state index in [2.05, 4.69) is 9.46 Å². The van der Waals surface area contributed by atoms with E-state index in [1.54, 1.807) is 0 Å². The van der Waals surface area contributed by atoms with E-state index >= 15 is 0 Å². The Morgan fingerprint density at radius 2 is 2.00 bits per heavy atom. The van der Waals surface area contributed by atoms with Gasteiger partial charge in [0.2, 0.25) is 0 Å². The van der Waals surface area contributed by atoms with Gasteiger partial charge in [-0.25, -0.2) is 4.89 Å². The highest BCUT2D eigenvalue weighted by molar-refractivity contribution is 6.28. The standard InChI is InChI=1S/CH2O2Si/c1-2-3-4-1/h1H2. The summed E-state index contributed by atoms with van der Waals surface area (Å²) in [5, 5.41) is 0. The molecule has 3 heteroatoms. The summed E-state index contributed by atoms with van der Waals surface area (Å²) >= 11 is 0. The lowest BCUT2D eigenvalue weighted by Gasteiger charge is -2.06. The molecule has 2 radical (unpaired) electrons. The monoisotopic (exact) mass is 74.0 g/mol. The van der Waals surface area contributed by atoms with Gasteiger partial charge in [0.1, 0.15) is 6.23 Å². The largest absolute Gasteiger partial charge is 0.314 e. The molecule has 0 aromatic heterocycles. The summed E-state index contributed by atoms with van der Waals surface area (Å²) in [5.74, 6) is 0. The molecule has 22 valence electrons. The lowest BCUT2D eigenvalue weighted by molar-refractivity contribution is -0.242. The van der Waals surface area contributed by atoms with E-state index in [0.717, 1.165) is 6.23 Å². The van der Waals surface area contributed by atoms with Crippen molar-refractivity contribution in [1.29, 1.82) is 0 Å².